The van der Waals surface area contributed by atoms with Crippen molar-refractivity contribution < 1.29 is 21.6 Å². The second-order valence-corrected chi connectivity index (χ2v) is 9.27. The SMILES string of the molecule is CC(C)OCCN(C)S(=O)(=O)c1cccc(S(=O)(=O)Cl)c1. The lowest BCUT2D eigenvalue weighted by molar-refractivity contribution is 0.0737. The van der Waals surface area contributed by atoms with Crippen LogP contribution >= 0.6 is 10.7 Å². The van der Waals surface area contributed by atoms with Crippen LogP contribution in [-0.2, 0) is 23.8 Å². The summed E-state index contributed by atoms with van der Waals surface area (Å²) in [5.74, 6) is 0. The van der Waals surface area contributed by atoms with Crippen molar-refractivity contribution in [2.75, 3.05) is 20.2 Å². The standard InChI is InChI=1S/C12H18ClNO5S2/c1-10(2)19-8-7-14(3)21(17,18)12-6-4-5-11(9-12)20(13,15)16/h4-6,9-10H,7-8H2,1-3H3. The Morgan fingerprint density at radius 3 is 2.29 bits per heavy atom. The third-order valence-electron chi connectivity index (χ3n) is 2.65. The molecule has 0 bridgehead atoms. The Hall–Kier alpha value is -0.670. The summed E-state index contributed by atoms with van der Waals surface area (Å²) in [5, 5.41) is 0. The summed E-state index contributed by atoms with van der Waals surface area (Å²) in [4.78, 5) is -0.381. The van der Waals surface area contributed by atoms with Gasteiger partial charge in [0.2, 0.25) is 10.0 Å². The first-order valence-corrected chi connectivity index (χ1v) is 9.93. The molecule has 1 aromatic carbocycles. The summed E-state index contributed by atoms with van der Waals surface area (Å²) in [7, 11) is -1.14. The second kappa shape index (κ2) is 7.06. The highest BCUT2D eigenvalue weighted by Gasteiger charge is 2.22. The average Bonchev–Trinajstić information content (AvgIpc) is 2.37. The van der Waals surface area contributed by atoms with Crippen LogP contribution in [0.1, 0.15) is 13.8 Å². The molecule has 0 saturated heterocycles. The van der Waals surface area contributed by atoms with Crippen molar-refractivity contribution in [3.63, 3.8) is 0 Å². The minimum absolute atomic E-state index is 0.00539. The highest BCUT2D eigenvalue weighted by molar-refractivity contribution is 8.13. The lowest BCUT2D eigenvalue weighted by Gasteiger charge is -2.18. The fraction of sp³-hybridized carbons (Fsp3) is 0.500. The number of hydrogen-bond acceptors (Lipinski definition) is 5. The van der Waals surface area contributed by atoms with Crippen LogP contribution in [0.5, 0.6) is 0 Å². The molecule has 0 aliphatic rings. The van der Waals surface area contributed by atoms with Gasteiger partial charge in [-0.05, 0) is 32.0 Å². The maximum absolute atomic E-state index is 12.3. The van der Waals surface area contributed by atoms with Crippen molar-refractivity contribution in [2.45, 2.75) is 29.7 Å². The number of benzene rings is 1. The van der Waals surface area contributed by atoms with Crippen molar-refractivity contribution in [1.29, 1.82) is 0 Å². The van der Waals surface area contributed by atoms with Gasteiger partial charge in [-0.2, -0.15) is 4.31 Å². The summed E-state index contributed by atoms with van der Waals surface area (Å²) in [6.45, 7) is 4.12. The van der Waals surface area contributed by atoms with Crippen LogP contribution in [0.3, 0.4) is 0 Å². The summed E-state index contributed by atoms with van der Waals surface area (Å²) < 4.78 is 53.6. The van der Waals surface area contributed by atoms with Gasteiger partial charge >= 0.3 is 0 Å². The van der Waals surface area contributed by atoms with Crippen molar-refractivity contribution in [3.8, 4) is 0 Å². The van der Waals surface area contributed by atoms with Crippen LogP contribution < -0.4 is 0 Å². The molecule has 9 heteroatoms. The summed E-state index contributed by atoms with van der Waals surface area (Å²) in [5.41, 5.74) is 0. The molecule has 21 heavy (non-hydrogen) atoms. The zero-order valence-electron chi connectivity index (χ0n) is 12.0. The highest BCUT2D eigenvalue weighted by Crippen LogP contribution is 2.21. The number of rotatable bonds is 7. The molecule has 0 heterocycles. The Labute approximate surface area is 130 Å². The molecule has 1 aromatic rings. The van der Waals surface area contributed by atoms with Gasteiger partial charge in [0.05, 0.1) is 22.5 Å². The van der Waals surface area contributed by atoms with E-state index in [1.807, 2.05) is 13.8 Å². The molecule has 0 fully saturated rings. The normalized spacial score (nSPS) is 13.0. The van der Waals surface area contributed by atoms with E-state index in [4.69, 9.17) is 15.4 Å². The summed E-state index contributed by atoms with van der Waals surface area (Å²) >= 11 is 0. The zero-order valence-corrected chi connectivity index (χ0v) is 14.4. The molecule has 0 amide bonds. The first kappa shape index (κ1) is 18.4. The zero-order chi connectivity index (χ0) is 16.3. The van der Waals surface area contributed by atoms with Gasteiger partial charge in [0, 0.05) is 24.3 Å². The van der Waals surface area contributed by atoms with Crippen LogP contribution in [0.4, 0.5) is 0 Å². The molecule has 0 aromatic heterocycles. The molecule has 0 aliphatic carbocycles. The van der Waals surface area contributed by atoms with E-state index < -0.39 is 19.1 Å². The van der Waals surface area contributed by atoms with Crippen molar-refractivity contribution in [3.05, 3.63) is 24.3 Å². The van der Waals surface area contributed by atoms with Gasteiger partial charge in [-0.1, -0.05) is 6.07 Å². The Bertz CT molecular complexity index is 685. The number of sulfonamides is 1. The Kier molecular flexibility index (Phi) is 6.18. The molecule has 0 spiro atoms. The molecule has 0 radical (unpaired) electrons. The quantitative estimate of drug-likeness (QED) is 0.695. The van der Waals surface area contributed by atoms with Gasteiger partial charge in [0.1, 0.15) is 0 Å². The second-order valence-electron chi connectivity index (χ2n) is 4.66. The van der Waals surface area contributed by atoms with Gasteiger partial charge in [-0.15, -0.1) is 0 Å². The van der Waals surface area contributed by atoms with E-state index in [1.54, 1.807) is 0 Å². The third kappa shape index (κ3) is 5.23. The molecule has 1 rings (SSSR count). The average molecular weight is 356 g/mol. The minimum Gasteiger partial charge on any atom is -0.377 e. The van der Waals surface area contributed by atoms with Crippen LogP contribution in [-0.4, -0.2) is 47.4 Å². The molecule has 120 valence electrons. The number of likely N-dealkylation sites (N-methyl/N-ethyl adjacent to an activating group) is 1. The topological polar surface area (TPSA) is 80.8 Å². The van der Waals surface area contributed by atoms with E-state index in [9.17, 15) is 16.8 Å². The van der Waals surface area contributed by atoms with Crippen molar-refractivity contribution in [1.82, 2.24) is 4.31 Å². The maximum Gasteiger partial charge on any atom is 0.261 e. The van der Waals surface area contributed by atoms with Crippen LogP contribution in [0.15, 0.2) is 34.1 Å². The van der Waals surface area contributed by atoms with Crippen LogP contribution in [0.2, 0.25) is 0 Å². The summed E-state index contributed by atoms with van der Waals surface area (Å²) in [6.07, 6.45) is 0.00539. The van der Waals surface area contributed by atoms with Crippen molar-refractivity contribution >= 4 is 29.8 Å². The number of halogens is 1. The van der Waals surface area contributed by atoms with Gasteiger partial charge in [0.15, 0.2) is 0 Å². The van der Waals surface area contributed by atoms with E-state index in [-0.39, 0.29) is 29.0 Å². The van der Waals surface area contributed by atoms with E-state index in [2.05, 4.69) is 0 Å². The molecule has 0 N–H and O–H groups in total. The van der Waals surface area contributed by atoms with Gasteiger partial charge in [-0.3, -0.25) is 0 Å². The van der Waals surface area contributed by atoms with E-state index in [0.29, 0.717) is 0 Å². The van der Waals surface area contributed by atoms with E-state index in [1.165, 1.54) is 25.2 Å². The van der Waals surface area contributed by atoms with Crippen LogP contribution in [0, 0.1) is 0 Å². The number of nitrogens with zero attached hydrogens (tertiary/aromatic N) is 1. The summed E-state index contributed by atoms with van der Waals surface area (Å²) in [6, 6.07) is 4.93. The van der Waals surface area contributed by atoms with Crippen molar-refractivity contribution in [2.24, 2.45) is 0 Å². The maximum atomic E-state index is 12.3. The van der Waals surface area contributed by atoms with E-state index in [0.717, 1.165) is 10.4 Å². The highest BCUT2D eigenvalue weighted by atomic mass is 35.7. The smallest absolute Gasteiger partial charge is 0.261 e. The molecular weight excluding hydrogens is 338 g/mol. The van der Waals surface area contributed by atoms with Gasteiger partial charge in [-0.25, -0.2) is 16.8 Å². The lowest BCUT2D eigenvalue weighted by Crippen LogP contribution is -2.31. The molecule has 0 atom stereocenters. The fourth-order valence-corrected chi connectivity index (χ4v) is 3.58. The Balaban J connectivity index is 2.97. The number of hydrogen-bond donors (Lipinski definition) is 0. The Morgan fingerprint density at radius 1 is 1.19 bits per heavy atom. The molecule has 0 unspecified atom stereocenters. The largest absolute Gasteiger partial charge is 0.377 e. The fourth-order valence-electron chi connectivity index (χ4n) is 1.50. The van der Waals surface area contributed by atoms with Gasteiger partial charge < -0.3 is 4.74 Å². The first-order chi connectivity index (χ1) is 9.55. The van der Waals surface area contributed by atoms with Gasteiger partial charge in [0.25, 0.3) is 9.05 Å². The van der Waals surface area contributed by atoms with E-state index >= 15 is 0 Å². The first-order valence-electron chi connectivity index (χ1n) is 6.18. The molecule has 0 saturated carbocycles. The molecule has 0 aliphatic heterocycles. The lowest BCUT2D eigenvalue weighted by atomic mass is 10.4. The van der Waals surface area contributed by atoms with Crippen LogP contribution in [0.25, 0.3) is 0 Å². The molecular formula is C12H18ClNO5S2. The minimum atomic E-state index is -3.97. The third-order valence-corrected chi connectivity index (χ3v) is 5.86. The number of ether oxygens (including phenoxy) is 1. The Morgan fingerprint density at radius 2 is 1.76 bits per heavy atom. The molecule has 6 nitrogen and oxygen atoms in total. The predicted octanol–water partition coefficient (Wildman–Crippen LogP) is 1.66. The monoisotopic (exact) mass is 355 g/mol. The predicted molar refractivity (Wildman–Crippen MR) is 80.4 cm³/mol.